The molecule has 0 bridgehead atoms. The van der Waals surface area contributed by atoms with E-state index in [2.05, 4.69) is 5.16 Å². The van der Waals surface area contributed by atoms with Crippen LogP contribution in [0.1, 0.15) is 41.8 Å². The minimum absolute atomic E-state index is 0.0872. The number of carbonyl (C=O) groups is 2. The van der Waals surface area contributed by atoms with Gasteiger partial charge in [0, 0.05) is 18.5 Å². The van der Waals surface area contributed by atoms with Gasteiger partial charge in [-0.3, -0.25) is 9.59 Å². The Morgan fingerprint density at radius 3 is 2.46 bits per heavy atom. The number of aryl methyl sites for hydroxylation is 2. The van der Waals surface area contributed by atoms with Crippen molar-refractivity contribution in [3.63, 3.8) is 0 Å². The molecule has 1 N–H and O–H groups in total. The van der Waals surface area contributed by atoms with Gasteiger partial charge in [-0.25, -0.2) is 0 Å². The smallest absolute Gasteiger partial charge is 0.323 e. The van der Waals surface area contributed by atoms with Crippen molar-refractivity contribution in [3.8, 4) is 0 Å². The second-order valence-electron chi connectivity index (χ2n) is 5.97. The van der Waals surface area contributed by atoms with Crippen LogP contribution in [0.15, 0.2) is 34.9 Å². The van der Waals surface area contributed by atoms with Gasteiger partial charge in [0.1, 0.15) is 12.3 Å². The molecule has 0 saturated carbocycles. The van der Waals surface area contributed by atoms with Crippen molar-refractivity contribution in [2.75, 3.05) is 6.54 Å². The summed E-state index contributed by atoms with van der Waals surface area (Å²) >= 11 is 0. The van der Waals surface area contributed by atoms with E-state index in [1.54, 1.807) is 0 Å². The number of aliphatic carboxylic acids is 1. The zero-order valence-electron chi connectivity index (χ0n) is 14.2. The molecule has 1 aromatic carbocycles. The lowest BCUT2D eigenvalue weighted by molar-refractivity contribution is -0.145. The van der Waals surface area contributed by atoms with Crippen LogP contribution in [-0.2, 0) is 16.1 Å². The van der Waals surface area contributed by atoms with E-state index in [0.717, 1.165) is 16.8 Å². The minimum Gasteiger partial charge on any atom is -0.480 e. The van der Waals surface area contributed by atoms with E-state index in [1.165, 1.54) is 4.90 Å². The van der Waals surface area contributed by atoms with Crippen LogP contribution in [0.25, 0.3) is 0 Å². The number of benzene rings is 1. The van der Waals surface area contributed by atoms with Crippen molar-refractivity contribution >= 4 is 11.9 Å². The minimum atomic E-state index is -1.02. The quantitative estimate of drug-likeness (QED) is 0.844. The number of amides is 1. The van der Waals surface area contributed by atoms with E-state index in [9.17, 15) is 9.59 Å². The molecule has 1 unspecified atom stereocenters. The largest absolute Gasteiger partial charge is 0.480 e. The number of carbonyl (C=O) groups excluding carboxylic acids is 1. The van der Waals surface area contributed by atoms with Gasteiger partial charge in [-0.15, -0.1) is 0 Å². The van der Waals surface area contributed by atoms with Crippen molar-refractivity contribution in [3.05, 3.63) is 52.9 Å². The number of carboxylic acid groups (broad SMARTS) is 1. The van der Waals surface area contributed by atoms with Crippen molar-refractivity contribution in [2.45, 2.75) is 39.7 Å². The Morgan fingerprint density at radius 2 is 1.92 bits per heavy atom. The summed E-state index contributed by atoms with van der Waals surface area (Å²) in [7, 11) is 0. The number of rotatable bonds is 7. The Kier molecular flexibility index (Phi) is 5.73. The average Bonchev–Trinajstić information content (AvgIpc) is 2.86. The molecule has 1 atom stereocenters. The zero-order chi connectivity index (χ0) is 17.7. The molecule has 1 amide bonds. The van der Waals surface area contributed by atoms with Crippen LogP contribution in [0.2, 0.25) is 0 Å². The van der Waals surface area contributed by atoms with E-state index in [1.807, 2.05) is 51.1 Å². The van der Waals surface area contributed by atoms with Gasteiger partial charge < -0.3 is 14.5 Å². The molecule has 0 saturated heterocycles. The average molecular weight is 330 g/mol. The summed E-state index contributed by atoms with van der Waals surface area (Å²) in [5.41, 5.74) is 2.58. The summed E-state index contributed by atoms with van der Waals surface area (Å²) in [6.45, 7) is 5.54. The predicted octanol–water partition coefficient (Wildman–Crippen LogP) is 2.90. The van der Waals surface area contributed by atoms with Crippen LogP contribution in [0.4, 0.5) is 0 Å². The first kappa shape index (κ1) is 17.7. The molecular formula is C18H22N2O4. The van der Waals surface area contributed by atoms with Gasteiger partial charge in [0.25, 0.3) is 0 Å². The molecule has 0 aliphatic rings. The van der Waals surface area contributed by atoms with Gasteiger partial charge in [-0.1, -0.05) is 42.4 Å². The number of nitrogens with zero attached hydrogens (tertiary/aromatic N) is 2. The fourth-order valence-electron chi connectivity index (χ4n) is 2.89. The lowest BCUT2D eigenvalue weighted by Crippen LogP contribution is -2.35. The van der Waals surface area contributed by atoms with Crippen molar-refractivity contribution in [1.82, 2.24) is 10.1 Å². The third-order valence-corrected chi connectivity index (χ3v) is 3.96. The molecule has 0 radical (unpaired) electrons. The molecule has 1 aromatic heterocycles. The molecule has 2 aromatic rings. The Bertz CT molecular complexity index is 690. The van der Waals surface area contributed by atoms with Crippen LogP contribution in [0, 0.1) is 13.8 Å². The Labute approximate surface area is 141 Å². The fraction of sp³-hybridized carbons (Fsp3) is 0.389. The summed E-state index contributed by atoms with van der Waals surface area (Å²) in [4.78, 5) is 25.1. The summed E-state index contributed by atoms with van der Waals surface area (Å²) in [6, 6.07) is 9.36. The highest BCUT2D eigenvalue weighted by Crippen LogP contribution is 2.26. The number of hydrogen-bond donors (Lipinski definition) is 1. The number of hydrogen-bond acceptors (Lipinski definition) is 4. The van der Waals surface area contributed by atoms with E-state index in [4.69, 9.17) is 9.63 Å². The second-order valence-corrected chi connectivity index (χ2v) is 5.97. The maximum atomic E-state index is 12.6. The van der Waals surface area contributed by atoms with E-state index >= 15 is 0 Å². The highest BCUT2D eigenvalue weighted by molar-refractivity contribution is 5.82. The SMILES string of the molecule is Cc1noc(C)c1C(C)CC(=O)N(CC(=O)O)Cc1ccccc1. The Balaban J connectivity index is 2.11. The van der Waals surface area contributed by atoms with Crippen LogP contribution in [0.5, 0.6) is 0 Å². The monoisotopic (exact) mass is 330 g/mol. The molecule has 0 aliphatic carbocycles. The van der Waals surface area contributed by atoms with Crippen LogP contribution in [0.3, 0.4) is 0 Å². The molecule has 6 heteroatoms. The third kappa shape index (κ3) is 4.44. The van der Waals surface area contributed by atoms with Gasteiger partial charge >= 0.3 is 5.97 Å². The van der Waals surface area contributed by atoms with Crippen molar-refractivity contribution in [2.24, 2.45) is 0 Å². The molecule has 0 spiro atoms. The predicted molar refractivity (Wildman–Crippen MR) is 88.5 cm³/mol. The molecule has 128 valence electrons. The lowest BCUT2D eigenvalue weighted by atomic mass is 9.95. The topological polar surface area (TPSA) is 83.6 Å². The van der Waals surface area contributed by atoms with Crippen LogP contribution in [-0.4, -0.2) is 33.6 Å². The molecule has 0 aliphatic heterocycles. The standard InChI is InChI=1S/C18H22N2O4/c1-12(18-13(2)19-24-14(18)3)9-16(21)20(11-17(22)23)10-15-7-5-4-6-8-15/h4-8,12H,9-11H2,1-3H3,(H,22,23). The highest BCUT2D eigenvalue weighted by Gasteiger charge is 2.23. The van der Waals surface area contributed by atoms with Gasteiger partial charge in [-0.2, -0.15) is 0 Å². The molecule has 6 nitrogen and oxygen atoms in total. The van der Waals surface area contributed by atoms with Crippen LogP contribution < -0.4 is 0 Å². The van der Waals surface area contributed by atoms with Gasteiger partial charge in [0.15, 0.2) is 0 Å². The summed E-state index contributed by atoms with van der Waals surface area (Å²) in [5, 5.41) is 13.0. The molecular weight excluding hydrogens is 308 g/mol. The molecule has 24 heavy (non-hydrogen) atoms. The summed E-state index contributed by atoms with van der Waals surface area (Å²) in [5.74, 6) is -0.616. The van der Waals surface area contributed by atoms with Gasteiger partial charge in [-0.05, 0) is 25.3 Å². The summed E-state index contributed by atoms with van der Waals surface area (Å²) < 4.78 is 5.15. The lowest BCUT2D eigenvalue weighted by Gasteiger charge is -2.22. The maximum Gasteiger partial charge on any atom is 0.323 e. The number of carboxylic acids is 1. The molecule has 0 fully saturated rings. The van der Waals surface area contributed by atoms with E-state index in [-0.39, 0.29) is 31.3 Å². The first-order valence-electron chi connectivity index (χ1n) is 7.84. The van der Waals surface area contributed by atoms with Gasteiger partial charge in [0.05, 0.1) is 5.69 Å². The van der Waals surface area contributed by atoms with Crippen molar-refractivity contribution < 1.29 is 19.2 Å². The van der Waals surface area contributed by atoms with Crippen molar-refractivity contribution in [1.29, 1.82) is 0 Å². The first-order chi connectivity index (χ1) is 11.4. The van der Waals surface area contributed by atoms with E-state index in [0.29, 0.717) is 5.76 Å². The maximum absolute atomic E-state index is 12.6. The first-order valence-corrected chi connectivity index (χ1v) is 7.84. The summed E-state index contributed by atoms with van der Waals surface area (Å²) in [6.07, 6.45) is 0.211. The van der Waals surface area contributed by atoms with Gasteiger partial charge in [0.2, 0.25) is 5.91 Å². The Hall–Kier alpha value is -2.63. The third-order valence-electron chi connectivity index (χ3n) is 3.96. The highest BCUT2D eigenvalue weighted by atomic mass is 16.5. The van der Waals surface area contributed by atoms with Crippen LogP contribution >= 0.6 is 0 Å². The second kappa shape index (κ2) is 7.77. The normalized spacial score (nSPS) is 12.0. The Morgan fingerprint density at radius 1 is 1.25 bits per heavy atom. The fourth-order valence-corrected chi connectivity index (χ4v) is 2.89. The zero-order valence-corrected chi connectivity index (χ0v) is 14.2. The van der Waals surface area contributed by atoms with E-state index < -0.39 is 5.97 Å². The number of aromatic nitrogens is 1. The molecule has 1 heterocycles. The molecule has 2 rings (SSSR count).